The smallest absolute Gasteiger partial charge is 0.339 e. The van der Waals surface area contributed by atoms with Crippen LogP contribution in [0.5, 0.6) is 0 Å². The van der Waals surface area contributed by atoms with Crippen molar-refractivity contribution < 1.29 is 14.3 Å². The number of rotatable bonds is 3. The molecule has 1 aromatic carbocycles. The van der Waals surface area contributed by atoms with E-state index in [1.54, 1.807) is 6.07 Å². The molecule has 0 atom stereocenters. The van der Waals surface area contributed by atoms with E-state index in [4.69, 9.17) is 22.1 Å². The van der Waals surface area contributed by atoms with Crippen molar-refractivity contribution in [3.63, 3.8) is 0 Å². The Morgan fingerprint density at radius 3 is 2.67 bits per heavy atom. The molecular weight excluding hydrogens is 218 g/mol. The van der Waals surface area contributed by atoms with Gasteiger partial charge < -0.3 is 15.2 Å². The molecule has 0 fully saturated rings. The molecule has 0 aliphatic rings. The Morgan fingerprint density at radius 2 is 2.13 bits per heavy atom. The van der Waals surface area contributed by atoms with E-state index < -0.39 is 5.97 Å². The highest BCUT2D eigenvalue weighted by Crippen LogP contribution is 2.26. The average Bonchev–Trinajstić information content (AvgIpc) is 2.23. The molecule has 0 spiro atoms. The second-order valence-corrected chi connectivity index (χ2v) is 3.32. The highest BCUT2D eigenvalue weighted by molar-refractivity contribution is 6.32. The predicted octanol–water partition coefficient (Wildman–Crippen LogP) is 1.86. The zero-order chi connectivity index (χ0) is 11.4. The molecule has 0 heterocycles. The Bertz CT molecular complexity index is 379. The van der Waals surface area contributed by atoms with Crippen molar-refractivity contribution in [2.75, 3.05) is 20.0 Å². The van der Waals surface area contributed by atoms with E-state index in [0.29, 0.717) is 21.8 Å². The minimum atomic E-state index is -0.485. The fourth-order valence-corrected chi connectivity index (χ4v) is 1.44. The zero-order valence-electron chi connectivity index (χ0n) is 8.54. The van der Waals surface area contributed by atoms with Crippen LogP contribution in [0.4, 0.5) is 5.69 Å². The second kappa shape index (κ2) is 5.00. The third-order valence-electron chi connectivity index (χ3n) is 1.99. The summed E-state index contributed by atoms with van der Waals surface area (Å²) in [6, 6.07) is 3.13. The first-order valence-corrected chi connectivity index (χ1v) is 4.63. The number of carbonyl (C=O) groups is 1. The van der Waals surface area contributed by atoms with E-state index in [1.807, 2.05) is 0 Å². The van der Waals surface area contributed by atoms with Gasteiger partial charge in [-0.15, -0.1) is 0 Å². The number of ether oxygens (including phenoxy) is 2. The summed E-state index contributed by atoms with van der Waals surface area (Å²) in [5.74, 6) is -0.485. The van der Waals surface area contributed by atoms with E-state index in [2.05, 4.69) is 4.74 Å². The molecule has 1 rings (SSSR count). The van der Waals surface area contributed by atoms with Gasteiger partial charge in [0.15, 0.2) is 0 Å². The van der Waals surface area contributed by atoms with Crippen LogP contribution in [0.25, 0.3) is 0 Å². The van der Waals surface area contributed by atoms with E-state index in [1.165, 1.54) is 20.3 Å². The Balaban J connectivity index is 3.21. The van der Waals surface area contributed by atoms with Crippen LogP contribution in [0.2, 0.25) is 5.02 Å². The lowest BCUT2D eigenvalue weighted by molar-refractivity contribution is 0.0601. The lowest BCUT2D eigenvalue weighted by Crippen LogP contribution is -2.08. The van der Waals surface area contributed by atoms with Gasteiger partial charge in [-0.05, 0) is 12.1 Å². The van der Waals surface area contributed by atoms with Crippen molar-refractivity contribution in [3.05, 3.63) is 28.3 Å². The maximum atomic E-state index is 11.3. The summed E-state index contributed by atoms with van der Waals surface area (Å²) in [7, 11) is 2.83. The summed E-state index contributed by atoms with van der Waals surface area (Å²) in [5, 5.41) is 0.474. The van der Waals surface area contributed by atoms with Gasteiger partial charge in [-0.2, -0.15) is 0 Å². The largest absolute Gasteiger partial charge is 0.465 e. The summed E-state index contributed by atoms with van der Waals surface area (Å²) in [5.41, 5.74) is 6.98. The van der Waals surface area contributed by atoms with E-state index in [-0.39, 0.29) is 6.61 Å². The van der Waals surface area contributed by atoms with Crippen LogP contribution in [0, 0.1) is 0 Å². The Morgan fingerprint density at radius 1 is 1.47 bits per heavy atom. The fraction of sp³-hybridized carbons (Fsp3) is 0.300. The SMILES string of the molecule is COCc1c(Cl)ccc(C(=O)OC)c1N. The first-order valence-electron chi connectivity index (χ1n) is 4.26. The molecule has 0 amide bonds. The summed E-state index contributed by atoms with van der Waals surface area (Å²) in [6.45, 7) is 0.259. The van der Waals surface area contributed by atoms with Crippen LogP contribution in [-0.2, 0) is 16.1 Å². The van der Waals surface area contributed by atoms with Crippen molar-refractivity contribution in [2.24, 2.45) is 0 Å². The van der Waals surface area contributed by atoms with Crippen molar-refractivity contribution in [3.8, 4) is 0 Å². The number of methoxy groups -OCH3 is 2. The van der Waals surface area contributed by atoms with Gasteiger partial charge in [0.05, 0.1) is 25.0 Å². The Labute approximate surface area is 92.9 Å². The molecule has 0 aromatic heterocycles. The van der Waals surface area contributed by atoms with E-state index >= 15 is 0 Å². The van der Waals surface area contributed by atoms with Crippen molar-refractivity contribution >= 4 is 23.3 Å². The third-order valence-corrected chi connectivity index (χ3v) is 2.35. The van der Waals surface area contributed by atoms with Crippen molar-refractivity contribution in [1.82, 2.24) is 0 Å². The standard InChI is InChI=1S/C10H12ClNO3/c1-14-5-7-8(11)4-3-6(9(7)12)10(13)15-2/h3-4H,5,12H2,1-2H3. The van der Waals surface area contributed by atoms with Crippen LogP contribution < -0.4 is 5.73 Å². The minimum Gasteiger partial charge on any atom is -0.465 e. The summed E-state index contributed by atoms with van der Waals surface area (Å²) < 4.78 is 9.53. The molecule has 0 radical (unpaired) electrons. The lowest BCUT2D eigenvalue weighted by Gasteiger charge is -2.10. The molecule has 1 aromatic rings. The summed E-state index contributed by atoms with van der Waals surface area (Å²) in [6.07, 6.45) is 0. The summed E-state index contributed by atoms with van der Waals surface area (Å²) >= 11 is 5.92. The molecule has 82 valence electrons. The molecule has 0 aliphatic carbocycles. The molecule has 4 nitrogen and oxygen atoms in total. The van der Waals surface area contributed by atoms with E-state index in [9.17, 15) is 4.79 Å². The second-order valence-electron chi connectivity index (χ2n) is 2.91. The molecule has 0 bridgehead atoms. The summed E-state index contributed by atoms with van der Waals surface area (Å²) in [4.78, 5) is 11.3. The normalized spacial score (nSPS) is 10.1. The number of nitrogen functional groups attached to an aromatic ring is 1. The third kappa shape index (κ3) is 2.40. The van der Waals surface area contributed by atoms with Crippen LogP contribution >= 0.6 is 11.6 Å². The Hall–Kier alpha value is -1.26. The first-order chi connectivity index (χ1) is 7.11. The predicted molar refractivity (Wildman–Crippen MR) is 57.9 cm³/mol. The van der Waals surface area contributed by atoms with Gasteiger partial charge in [0, 0.05) is 17.7 Å². The quantitative estimate of drug-likeness (QED) is 0.635. The van der Waals surface area contributed by atoms with Crippen LogP contribution in [0.15, 0.2) is 12.1 Å². The molecule has 0 saturated heterocycles. The van der Waals surface area contributed by atoms with Gasteiger partial charge in [-0.3, -0.25) is 0 Å². The maximum absolute atomic E-state index is 11.3. The molecule has 5 heteroatoms. The van der Waals surface area contributed by atoms with Gasteiger partial charge in [-0.25, -0.2) is 4.79 Å². The molecule has 15 heavy (non-hydrogen) atoms. The zero-order valence-corrected chi connectivity index (χ0v) is 9.30. The van der Waals surface area contributed by atoms with Gasteiger partial charge >= 0.3 is 5.97 Å². The maximum Gasteiger partial charge on any atom is 0.339 e. The van der Waals surface area contributed by atoms with Gasteiger partial charge in [-0.1, -0.05) is 11.6 Å². The highest BCUT2D eigenvalue weighted by Gasteiger charge is 2.15. The Kier molecular flexibility index (Phi) is 3.94. The topological polar surface area (TPSA) is 61.5 Å². The van der Waals surface area contributed by atoms with Crippen molar-refractivity contribution in [2.45, 2.75) is 6.61 Å². The number of hydrogen-bond donors (Lipinski definition) is 1. The first kappa shape index (κ1) is 11.8. The molecule has 0 saturated carbocycles. The number of anilines is 1. The van der Waals surface area contributed by atoms with E-state index in [0.717, 1.165) is 0 Å². The number of nitrogens with two attached hydrogens (primary N) is 1. The number of benzene rings is 1. The lowest BCUT2D eigenvalue weighted by atomic mass is 10.1. The number of halogens is 1. The van der Waals surface area contributed by atoms with Crippen LogP contribution in [-0.4, -0.2) is 20.2 Å². The number of carbonyl (C=O) groups excluding carboxylic acids is 1. The van der Waals surface area contributed by atoms with Crippen LogP contribution in [0.3, 0.4) is 0 Å². The van der Waals surface area contributed by atoms with Gasteiger partial charge in [0.25, 0.3) is 0 Å². The molecule has 0 aliphatic heterocycles. The van der Waals surface area contributed by atoms with Crippen LogP contribution in [0.1, 0.15) is 15.9 Å². The van der Waals surface area contributed by atoms with Gasteiger partial charge in [0.1, 0.15) is 0 Å². The highest BCUT2D eigenvalue weighted by atomic mass is 35.5. The fourth-order valence-electron chi connectivity index (χ4n) is 1.22. The average molecular weight is 230 g/mol. The monoisotopic (exact) mass is 229 g/mol. The molecule has 2 N–H and O–H groups in total. The van der Waals surface area contributed by atoms with Gasteiger partial charge in [0.2, 0.25) is 0 Å². The number of hydrogen-bond acceptors (Lipinski definition) is 4. The minimum absolute atomic E-state index is 0.259. The molecule has 0 unspecified atom stereocenters. The number of esters is 1. The molecular formula is C10H12ClNO3. The van der Waals surface area contributed by atoms with Crippen molar-refractivity contribution in [1.29, 1.82) is 0 Å².